The number of nitrogens with zero attached hydrogens (tertiary/aromatic N) is 1. The average Bonchev–Trinajstić information content (AvgIpc) is 2.47. The third-order valence-corrected chi connectivity index (χ3v) is 3.43. The van der Waals surface area contributed by atoms with E-state index in [1.54, 1.807) is 12.1 Å². The van der Waals surface area contributed by atoms with Crippen LogP contribution in [0.15, 0.2) is 42.5 Å². The van der Waals surface area contributed by atoms with E-state index in [2.05, 4.69) is 22.4 Å². The molecule has 0 aliphatic heterocycles. The predicted octanol–water partition coefficient (Wildman–Crippen LogP) is 3.66. The minimum absolute atomic E-state index is 0.0527. The van der Waals surface area contributed by atoms with Crippen LogP contribution in [0, 0.1) is 0 Å². The van der Waals surface area contributed by atoms with E-state index in [0.29, 0.717) is 10.7 Å². The average molecular weight is 303 g/mol. The number of nitrogens with one attached hydrogen (secondary N) is 1. The molecule has 1 N–H and O–H groups in total. The molecule has 1 atom stereocenters. The summed E-state index contributed by atoms with van der Waals surface area (Å²) in [6, 6.07) is 13.5. The molecule has 0 saturated heterocycles. The Morgan fingerprint density at radius 3 is 2.67 bits per heavy atom. The molecule has 0 aliphatic rings. The number of hydrogen-bond acceptors (Lipinski definition) is 2. The lowest BCUT2D eigenvalue weighted by molar-refractivity contribution is 0.0940. The fourth-order valence-electron chi connectivity index (χ4n) is 2.19. The fraction of sp³-hybridized carbons (Fsp3) is 0.294. The third-order valence-electron chi connectivity index (χ3n) is 3.23. The van der Waals surface area contributed by atoms with Crippen molar-refractivity contribution in [3.05, 3.63) is 64.4 Å². The molecule has 0 spiro atoms. The second-order valence-corrected chi connectivity index (χ2v) is 5.47. The Morgan fingerprint density at radius 2 is 2.00 bits per heavy atom. The van der Waals surface area contributed by atoms with Crippen molar-refractivity contribution in [2.24, 2.45) is 0 Å². The van der Waals surface area contributed by atoms with Gasteiger partial charge in [-0.2, -0.15) is 0 Å². The topological polar surface area (TPSA) is 42.0 Å². The number of hydrogen-bond donors (Lipinski definition) is 1. The van der Waals surface area contributed by atoms with Crippen molar-refractivity contribution in [1.29, 1.82) is 0 Å². The Labute approximate surface area is 130 Å². The summed E-state index contributed by atoms with van der Waals surface area (Å²) in [5, 5.41) is 3.35. The predicted molar refractivity (Wildman–Crippen MR) is 85.7 cm³/mol. The number of halogens is 1. The van der Waals surface area contributed by atoms with Gasteiger partial charge < -0.3 is 5.32 Å². The van der Waals surface area contributed by atoms with E-state index in [1.165, 1.54) is 5.56 Å². The molecule has 2 rings (SSSR count). The summed E-state index contributed by atoms with van der Waals surface area (Å²) in [5.41, 5.74) is 2.59. The van der Waals surface area contributed by atoms with Gasteiger partial charge in [-0.25, -0.2) is 4.98 Å². The largest absolute Gasteiger partial charge is 0.349 e. The van der Waals surface area contributed by atoms with Crippen molar-refractivity contribution >= 4 is 17.5 Å². The van der Waals surface area contributed by atoms with Crippen LogP contribution in [-0.4, -0.2) is 16.9 Å². The molecule has 1 heterocycles. The van der Waals surface area contributed by atoms with Gasteiger partial charge in [0.15, 0.2) is 0 Å². The summed E-state index contributed by atoms with van der Waals surface area (Å²) in [6.45, 7) is 3.98. The van der Waals surface area contributed by atoms with Crippen LogP contribution in [-0.2, 0) is 12.8 Å². The van der Waals surface area contributed by atoms with Crippen LogP contribution in [0.4, 0.5) is 0 Å². The van der Waals surface area contributed by atoms with E-state index in [9.17, 15) is 4.79 Å². The second kappa shape index (κ2) is 7.23. The van der Waals surface area contributed by atoms with Gasteiger partial charge in [-0.15, -0.1) is 0 Å². The van der Waals surface area contributed by atoms with Crippen LogP contribution in [0.2, 0.25) is 5.15 Å². The van der Waals surface area contributed by atoms with Crippen LogP contribution in [0.5, 0.6) is 0 Å². The first-order chi connectivity index (χ1) is 10.1. The Hall–Kier alpha value is -1.87. The molecule has 110 valence electrons. The molecule has 0 radical (unpaired) electrons. The van der Waals surface area contributed by atoms with E-state index in [1.807, 2.05) is 32.0 Å². The van der Waals surface area contributed by atoms with Crippen molar-refractivity contribution in [3.8, 4) is 0 Å². The van der Waals surface area contributed by atoms with Crippen molar-refractivity contribution in [2.75, 3.05) is 0 Å². The van der Waals surface area contributed by atoms with Crippen molar-refractivity contribution < 1.29 is 4.79 Å². The van der Waals surface area contributed by atoms with Crippen LogP contribution < -0.4 is 5.32 Å². The van der Waals surface area contributed by atoms with E-state index >= 15 is 0 Å². The fourth-order valence-corrected chi connectivity index (χ4v) is 2.42. The molecule has 1 amide bonds. The summed E-state index contributed by atoms with van der Waals surface area (Å²) in [7, 11) is 0. The maximum Gasteiger partial charge on any atom is 0.251 e. The monoisotopic (exact) mass is 302 g/mol. The molecule has 0 aliphatic carbocycles. The van der Waals surface area contributed by atoms with Crippen molar-refractivity contribution in [2.45, 2.75) is 32.7 Å². The molecule has 0 saturated carbocycles. The van der Waals surface area contributed by atoms with Gasteiger partial charge >= 0.3 is 0 Å². The Balaban J connectivity index is 2.02. The van der Waals surface area contributed by atoms with Crippen molar-refractivity contribution in [3.63, 3.8) is 0 Å². The summed E-state index contributed by atoms with van der Waals surface area (Å²) in [6.07, 6.45) is 1.55. The molecule has 1 aromatic carbocycles. The van der Waals surface area contributed by atoms with E-state index in [-0.39, 0.29) is 11.9 Å². The summed E-state index contributed by atoms with van der Waals surface area (Å²) in [5.74, 6) is -0.113. The number of carbonyl (C=O) groups is 1. The zero-order valence-corrected chi connectivity index (χ0v) is 13.0. The molecular formula is C17H19ClN2O. The highest BCUT2D eigenvalue weighted by Crippen LogP contribution is 2.12. The van der Waals surface area contributed by atoms with Gasteiger partial charge in [0, 0.05) is 17.3 Å². The molecule has 2 aromatic rings. The summed E-state index contributed by atoms with van der Waals surface area (Å²) in [4.78, 5) is 16.4. The van der Waals surface area contributed by atoms with Gasteiger partial charge in [0.2, 0.25) is 0 Å². The van der Waals surface area contributed by atoms with E-state index in [4.69, 9.17) is 11.6 Å². The number of rotatable bonds is 5. The number of carbonyl (C=O) groups excluding carboxylic acids is 1. The SMILES string of the molecule is CCc1cc(C(=O)NC(C)Cc2ccccc2)cc(Cl)n1. The second-order valence-electron chi connectivity index (χ2n) is 5.09. The molecule has 1 unspecified atom stereocenters. The highest BCUT2D eigenvalue weighted by Gasteiger charge is 2.12. The maximum absolute atomic E-state index is 12.3. The lowest BCUT2D eigenvalue weighted by Gasteiger charge is -2.14. The molecule has 4 heteroatoms. The Morgan fingerprint density at radius 1 is 1.29 bits per heavy atom. The van der Waals surface area contributed by atoms with Gasteiger partial charge in [-0.05, 0) is 37.5 Å². The van der Waals surface area contributed by atoms with Gasteiger partial charge in [-0.3, -0.25) is 4.79 Å². The molecule has 1 aromatic heterocycles. The smallest absolute Gasteiger partial charge is 0.251 e. The van der Waals surface area contributed by atoms with Crippen LogP contribution in [0.3, 0.4) is 0 Å². The van der Waals surface area contributed by atoms with Crippen LogP contribution in [0.25, 0.3) is 0 Å². The Kier molecular flexibility index (Phi) is 5.34. The number of benzene rings is 1. The van der Waals surface area contributed by atoms with Gasteiger partial charge in [0.25, 0.3) is 5.91 Å². The minimum atomic E-state index is -0.113. The normalized spacial score (nSPS) is 12.0. The zero-order valence-electron chi connectivity index (χ0n) is 12.3. The Bertz CT molecular complexity index is 613. The van der Waals surface area contributed by atoms with Crippen LogP contribution >= 0.6 is 11.6 Å². The van der Waals surface area contributed by atoms with Crippen molar-refractivity contribution in [1.82, 2.24) is 10.3 Å². The van der Waals surface area contributed by atoms with E-state index in [0.717, 1.165) is 18.5 Å². The first-order valence-corrected chi connectivity index (χ1v) is 7.47. The first-order valence-electron chi connectivity index (χ1n) is 7.09. The lowest BCUT2D eigenvalue weighted by atomic mass is 10.1. The molecular weight excluding hydrogens is 284 g/mol. The number of aromatic nitrogens is 1. The first kappa shape index (κ1) is 15.5. The number of pyridine rings is 1. The lowest BCUT2D eigenvalue weighted by Crippen LogP contribution is -2.34. The standard InChI is InChI=1S/C17H19ClN2O/c1-3-15-10-14(11-16(18)20-15)17(21)19-12(2)9-13-7-5-4-6-8-13/h4-8,10-12H,3,9H2,1-2H3,(H,19,21). The molecule has 0 fully saturated rings. The highest BCUT2D eigenvalue weighted by molar-refractivity contribution is 6.29. The minimum Gasteiger partial charge on any atom is -0.349 e. The summed E-state index contributed by atoms with van der Waals surface area (Å²) >= 11 is 5.95. The van der Waals surface area contributed by atoms with Gasteiger partial charge in [-0.1, -0.05) is 48.9 Å². The highest BCUT2D eigenvalue weighted by atomic mass is 35.5. The third kappa shape index (κ3) is 4.57. The molecule has 3 nitrogen and oxygen atoms in total. The zero-order chi connectivity index (χ0) is 15.2. The van der Waals surface area contributed by atoms with Gasteiger partial charge in [0.05, 0.1) is 0 Å². The molecule has 21 heavy (non-hydrogen) atoms. The quantitative estimate of drug-likeness (QED) is 0.857. The van der Waals surface area contributed by atoms with E-state index < -0.39 is 0 Å². The molecule has 0 bridgehead atoms. The number of aryl methyl sites for hydroxylation is 1. The number of amides is 1. The van der Waals surface area contributed by atoms with Crippen LogP contribution in [0.1, 0.15) is 35.5 Å². The van der Waals surface area contributed by atoms with Gasteiger partial charge in [0.1, 0.15) is 5.15 Å². The summed E-state index contributed by atoms with van der Waals surface area (Å²) < 4.78 is 0. The maximum atomic E-state index is 12.3.